The third kappa shape index (κ3) is 5.41. The van der Waals surface area contributed by atoms with E-state index < -0.39 is 0 Å². The molecule has 2 rings (SSSR count). The number of hydrogen-bond acceptors (Lipinski definition) is 1. The van der Waals surface area contributed by atoms with E-state index in [1.165, 1.54) is 16.7 Å². The van der Waals surface area contributed by atoms with Gasteiger partial charge in [0.05, 0.1) is 0 Å². The van der Waals surface area contributed by atoms with Crippen molar-refractivity contribution in [3.63, 3.8) is 0 Å². The van der Waals surface area contributed by atoms with Gasteiger partial charge in [-0.25, -0.2) is 0 Å². The lowest BCUT2D eigenvalue weighted by molar-refractivity contribution is 0.0957. The number of carbonyl (C=O) groups is 1. The van der Waals surface area contributed by atoms with Crippen LogP contribution in [0.15, 0.2) is 60.7 Å². The lowest BCUT2D eigenvalue weighted by atomic mass is 10.0. The maximum absolute atomic E-state index is 12.0. The molecule has 0 aromatic heterocycles. The molecule has 0 radical (unpaired) electrons. The number of carbonyl (C=O) groups excluding carboxylic acids is 1. The van der Waals surface area contributed by atoms with Gasteiger partial charge in [-0.3, -0.25) is 4.79 Å². The minimum absolute atomic E-state index is 0.0461. The van der Waals surface area contributed by atoms with Crippen LogP contribution in [0, 0.1) is 0 Å². The fourth-order valence-corrected chi connectivity index (χ4v) is 2.45. The van der Waals surface area contributed by atoms with E-state index in [1.807, 2.05) is 31.2 Å². The fourth-order valence-electron chi connectivity index (χ4n) is 2.45. The Balaban J connectivity index is 1.91. The van der Waals surface area contributed by atoms with E-state index in [0.717, 1.165) is 24.8 Å². The third-order valence-electron chi connectivity index (χ3n) is 3.87. The Morgan fingerprint density at radius 1 is 1.00 bits per heavy atom. The van der Waals surface area contributed by atoms with Gasteiger partial charge in [-0.05, 0) is 55.0 Å². The van der Waals surface area contributed by atoms with Crippen molar-refractivity contribution in [1.82, 2.24) is 5.32 Å². The third-order valence-corrected chi connectivity index (χ3v) is 3.87. The van der Waals surface area contributed by atoms with Crippen LogP contribution < -0.4 is 5.32 Å². The largest absolute Gasteiger partial charge is 0.348 e. The van der Waals surface area contributed by atoms with Crippen LogP contribution in [0.4, 0.5) is 0 Å². The number of amides is 1. The van der Waals surface area contributed by atoms with Crippen LogP contribution in [-0.4, -0.2) is 12.5 Å². The van der Waals surface area contributed by atoms with E-state index in [9.17, 15) is 4.79 Å². The molecule has 0 aliphatic heterocycles. The molecule has 0 heterocycles. The molecule has 1 N–H and O–H groups in total. The van der Waals surface area contributed by atoms with Crippen molar-refractivity contribution < 1.29 is 4.79 Å². The summed E-state index contributed by atoms with van der Waals surface area (Å²) in [6.07, 6.45) is 3.08. The van der Waals surface area contributed by atoms with Crippen molar-refractivity contribution in [2.24, 2.45) is 0 Å². The van der Waals surface area contributed by atoms with Gasteiger partial charge in [-0.2, -0.15) is 0 Å². The summed E-state index contributed by atoms with van der Waals surface area (Å²) < 4.78 is 0. The van der Waals surface area contributed by atoms with Crippen molar-refractivity contribution in [2.45, 2.75) is 33.1 Å². The highest BCUT2D eigenvalue weighted by Gasteiger charge is 2.05. The molecule has 0 aliphatic rings. The van der Waals surface area contributed by atoms with Gasteiger partial charge in [0, 0.05) is 12.1 Å². The highest BCUT2D eigenvalue weighted by Crippen LogP contribution is 2.11. The Morgan fingerprint density at radius 3 is 2.30 bits per heavy atom. The number of aryl methyl sites for hydroxylation is 3. The summed E-state index contributed by atoms with van der Waals surface area (Å²) in [6.45, 7) is 8.38. The van der Waals surface area contributed by atoms with E-state index in [1.54, 1.807) is 0 Å². The van der Waals surface area contributed by atoms with E-state index in [2.05, 4.69) is 43.1 Å². The first-order valence-electron chi connectivity index (χ1n) is 8.18. The highest BCUT2D eigenvalue weighted by molar-refractivity contribution is 5.94. The summed E-state index contributed by atoms with van der Waals surface area (Å²) in [5, 5.41) is 2.85. The zero-order valence-corrected chi connectivity index (χ0v) is 14.1. The summed E-state index contributed by atoms with van der Waals surface area (Å²) in [6, 6.07) is 16.6. The summed E-state index contributed by atoms with van der Waals surface area (Å²) in [7, 11) is 0. The average molecular weight is 307 g/mol. The molecule has 0 aliphatic carbocycles. The smallest absolute Gasteiger partial charge is 0.251 e. The molecule has 0 atom stereocenters. The summed E-state index contributed by atoms with van der Waals surface area (Å²) in [4.78, 5) is 12.0. The second-order valence-corrected chi connectivity index (χ2v) is 6.01. The summed E-state index contributed by atoms with van der Waals surface area (Å²) in [5.74, 6) is -0.0461. The first kappa shape index (κ1) is 17.0. The molecule has 0 spiro atoms. The number of hydrogen-bond donors (Lipinski definition) is 1. The van der Waals surface area contributed by atoms with Gasteiger partial charge in [0.15, 0.2) is 0 Å². The van der Waals surface area contributed by atoms with Gasteiger partial charge in [0.1, 0.15) is 0 Å². The molecular formula is C21H25NO. The van der Waals surface area contributed by atoms with Crippen molar-refractivity contribution in [1.29, 1.82) is 0 Å². The molecule has 1 amide bonds. The zero-order valence-electron chi connectivity index (χ0n) is 14.1. The van der Waals surface area contributed by atoms with Crippen LogP contribution in [0.5, 0.6) is 0 Å². The van der Waals surface area contributed by atoms with E-state index >= 15 is 0 Å². The number of benzene rings is 2. The SMILES string of the molecule is C=C(C)CNC(=O)c1ccc(CCc2cccc(CC)c2)cc1. The lowest BCUT2D eigenvalue weighted by Gasteiger charge is -2.07. The molecule has 0 unspecified atom stereocenters. The van der Waals surface area contributed by atoms with Crippen LogP contribution in [0.3, 0.4) is 0 Å². The second-order valence-electron chi connectivity index (χ2n) is 6.01. The Kier molecular flexibility index (Phi) is 6.16. The predicted molar refractivity (Wildman–Crippen MR) is 96.8 cm³/mol. The normalized spacial score (nSPS) is 10.3. The van der Waals surface area contributed by atoms with E-state index in [0.29, 0.717) is 12.1 Å². The van der Waals surface area contributed by atoms with Crippen LogP contribution in [0.2, 0.25) is 0 Å². The molecule has 2 aromatic rings. The fraction of sp³-hybridized carbons (Fsp3) is 0.286. The molecule has 120 valence electrons. The molecule has 2 heteroatoms. The predicted octanol–water partition coefficient (Wildman–Crippen LogP) is 4.34. The maximum atomic E-state index is 12.0. The first-order chi connectivity index (χ1) is 11.1. The van der Waals surface area contributed by atoms with Gasteiger partial charge >= 0.3 is 0 Å². The molecule has 2 aromatic carbocycles. The van der Waals surface area contributed by atoms with Gasteiger partial charge in [0.2, 0.25) is 0 Å². The second kappa shape index (κ2) is 8.33. The monoisotopic (exact) mass is 307 g/mol. The zero-order chi connectivity index (χ0) is 16.7. The van der Waals surface area contributed by atoms with Gasteiger partial charge in [0.25, 0.3) is 5.91 Å². The van der Waals surface area contributed by atoms with Crippen molar-refractivity contribution in [3.05, 3.63) is 82.9 Å². The van der Waals surface area contributed by atoms with Crippen molar-refractivity contribution in [3.8, 4) is 0 Å². The molecule has 0 fully saturated rings. The van der Waals surface area contributed by atoms with Crippen molar-refractivity contribution in [2.75, 3.05) is 6.54 Å². The maximum Gasteiger partial charge on any atom is 0.251 e. The van der Waals surface area contributed by atoms with E-state index in [4.69, 9.17) is 0 Å². The quantitative estimate of drug-likeness (QED) is 0.757. The van der Waals surface area contributed by atoms with Crippen LogP contribution in [0.1, 0.15) is 40.9 Å². The molecule has 23 heavy (non-hydrogen) atoms. The Labute approximate surface area is 139 Å². The Bertz CT molecular complexity index is 670. The molecule has 0 saturated heterocycles. The summed E-state index contributed by atoms with van der Waals surface area (Å²) in [5.41, 5.74) is 5.65. The lowest BCUT2D eigenvalue weighted by Crippen LogP contribution is -2.24. The molecule has 2 nitrogen and oxygen atoms in total. The highest BCUT2D eigenvalue weighted by atomic mass is 16.1. The first-order valence-corrected chi connectivity index (χ1v) is 8.18. The van der Waals surface area contributed by atoms with Crippen LogP contribution in [0.25, 0.3) is 0 Å². The number of nitrogens with one attached hydrogen (secondary N) is 1. The average Bonchev–Trinajstić information content (AvgIpc) is 2.58. The topological polar surface area (TPSA) is 29.1 Å². The minimum atomic E-state index is -0.0461. The standard InChI is InChI=1S/C21H25NO/c1-4-17-6-5-7-19(14-17)9-8-18-10-12-20(13-11-18)21(23)22-15-16(2)3/h5-7,10-14H,2,4,8-9,15H2,1,3H3,(H,22,23). The Morgan fingerprint density at radius 2 is 1.65 bits per heavy atom. The minimum Gasteiger partial charge on any atom is -0.348 e. The number of rotatable bonds is 7. The van der Waals surface area contributed by atoms with Gasteiger partial charge < -0.3 is 5.32 Å². The van der Waals surface area contributed by atoms with E-state index in [-0.39, 0.29) is 5.91 Å². The Hall–Kier alpha value is -2.35. The molecule has 0 bridgehead atoms. The van der Waals surface area contributed by atoms with Gasteiger partial charge in [-0.15, -0.1) is 0 Å². The van der Waals surface area contributed by atoms with Crippen molar-refractivity contribution >= 4 is 5.91 Å². The molecule has 0 saturated carbocycles. The van der Waals surface area contributed by atoms with Crippen LogP contribution >= 0.6 is 0 Å². The summed E-state index contributed by atoms with van der Waals surface area (Å²) >= 11 is 0. The van der Waals surface area contributed by atoms with Gasteiger partial charge in [-0.1, -0.05) is 55.5 Å². The van der Waals surface area contributed by atoms with Crippen LogP contribution in [-0.2, 0) is 19.3 Å². The molecular weight excluding hydrogens is 282 g/mol.